The summed E-state index contributed by atoms with van der Waals surface area (Å²) < 4.78 is 5.53. The van der Waals surface area contributed by atoms with Crippen LogP contribution in [0, 0.1) is 23.2 Å². The van der Waals surface area contributed by atoms with Gasteiger partial charge in [0.25, 0.3) is 0 Å². The molecule has 1 saturated heterocycles. The first kappa shape index (κ1) is 11.4. The molecule has 2 N–H and O–H groups in total. The third-order valence-corrected chi connectivity index (χ3v) is 4.71. The minimum Gasteiger partial charge on any atom is -0.380 e. The first-order chi connectivity index (χ1) is 7.20. The van der Waals surface area contributed by atoms with Crippen molar-refractivity contribution < 1.29 is 4.74 Å². The second kappa shape index (κ2) is 4.42. The molecule has 1 saturated carbocycles. The highest BCUT2D eigenvalue weighted by Gasteiger charge is 2.51. The zero-order valence-electron chi connectivity index (χ0n) is 10.2. The van der Waals surface area contributed by atoms with Gasteiger partial charge in [0.2, 0.25) is 0 Å². The minimum absolute atomic E-state index is 0.444. The fraction of sp³-hybridized carbons (Fsp3) is 1.00. The van der Waals surface area contributed by atoms with Crippen LogP contribution in [0.15, 0.2) is 0 Å². The fourth-order valence-electron chi connectivity index (χ4n) is 3.76. The maximum absolute atomic E-state index is 5.98. The third-order valence-electron chi connectivity index (χ3n) is 4.71. The molecule has 0 spiro atoms. The zero-order valence-corrected chi connectivity index (χ0v) is 10.2. The van der Waals surface area contributed by atoms with Gasteiger partial charge in [0.15, 0.2) is 0 Å². The summed E-state index contributed by atoms with van der Waals surface area (Å²) in [6, 6.07) is 0. The van der Waals surface area contributed by atoms with Crippen molar-refractivity contribution in [2.45, 2.75) is 39.5 Å². The van der Waals surface area contributed by atoms with E-state index in [1.165, 1.54) is 25.7 Å². The van der Waals surface area contributed by atoms with Crippen LogP contribution in [0.2, 0.25) is 0 Å². The van der Waals surface area contributed by atoms with Gasteiger partial charge in [-0.2, -0.15) is 0 Å². The highest BCUT2D eigenvalue weighted by atomic mass is 16.5. The topological polar surface area (TPSA) is 35.2 Å². The second-order valence-corrected chi connectivity index (χ2v) is 5.79. The van der Waals surface area contributed by atoms with Gasteiger partial charge in [-0.25, -0.2) is 0 Å². The Labute approximate surface area is 93.6 Å². The molecule has 0 amide bonds. The lowest BCUT2D eigenvalue weighted by atomic mass is 9.61. The second-order valence-electron chi connectivity index (χ2n) is 5.79. The van der Waals surface area contributed by atoms with E-state index in [0.29, 0.717) is 17.3 Å². The van der Waals surface area contributed by atoms with Crippen molar-refractivity contribution in [3.05, 3.63) is 0 Å². The molecule has 1 aliphatic heterocycles. The Morgan fingerprint density at radius 1 is 1.27 bits per heavy atom. The summed E-state index contributed by atoms with van der Waals surface area (Å²) in [6.07, 6.45) is 5.66. The Morgan fingerprint density at radius 3 is 2.20 bits per heavy atom. The van der Waals surface area contributed by atoms with Gasteiger partial charge in [-0.05, 0) is 37.1 Å². The predicted molar refractivity (Wildman–Crippen MR) is 62.6 cm³/mol. The lowest BCUT2D eigenvalue weighted by Crippen LogP contribution is -2.56. The van der Waals surface area contributed by atoms with Crippen LogP contribution in [-0.4, -0.2) is 19.8 Å². The summed E-state index contributed by atoms with van der Waals surface area (Å²) in [7, 11) is 0. The molecule has 1 heterocycles. The third kappa shape index (κ3) is 1.83. The molecule has 0 radical (unpaired) electrons. The summed E-state index contributed by atoms with van der Waals surface area (Å²) in [6.45, 7) is 7.39. The number of hydrogen-bond acceptors (Lipinski definition) is 2. The highest BCUT2D eigenvalue weighted by Crippen LogP contribution is 2.51. The molecule has 0 aromatic carbocycles. The van der Waals surface area contributed by atoms with E-state index in [2.05, 4.69) is 13.8 Å². The highest BCUT2D eigenvalue weighted by molar-refractivity contribution is 4.99. The molecule has 1 aliphatic carbocycles. The first-order valence-corrected chi connectivity index (χ1v) is 6.48. The zero-order chi connectivity index (χ0) is 10.9. The molecule has 2 heteroatoms. The molecule has 0 aromatic heterocycles. The van der Waals surface area contributed by atoms with Gasteiger partial charge in [0, 0.05) is 5.41 Å². The number of hydrogen-bond donors (Lipinski definition) is 1. The molecular formula is C13H25NO. The van der Waals surface area contributed by atoms with Crippen LogP contribution in [0.4, 0.5) is 0 Å². The van der Waals surface area contributed by atoms with Gasteiger partial charge in [-0.3, -0.25) is 0 Å². The normalized spacial score (nSPS) is 28.0. The maximum atomic E-state index is 5.98. The van der Waals surface area contributed by atoms with Gasteiger partial charge in [0.05, 0.1) is 13.2 Å². The molecule has 15 heavy (non-hydrogen) atoms. The van der Waals surface area contributed by atoms with Crippen LogP contribution in [0.5, 0.6) is 0 Å². The van der Waals surface area contributed by atoms with Gasteiger partial charge in [-0.1, -0.05) is 26.7 Å². The predicted octanol–water partition coefficient (Wildman–Crippen LogP) is 2.42. The van der Waals surface area contributed by atoms with Gasteiger partial charge < -0.3 is 10.5 Å². The maximum Gasteiger partial charge on any atom is 0.0550 e. The van der Waals surface area contributed by atoms with E-state index in [9.17, 15) is 0 Å². The van der Waals surface area contributed by atoms with Crippen LogP contribution < -0.4 is 5.73 Å². The Hall–Kier alpha value is -0.0800. The van der Waals surface area contributed by atoms with Crippen LogP contribution in [0.1, 0.15) is 39.5 Å². The summed E-state index contributed by atoms with van der Waals surface area (Å²) in [4.78, 5) is 0. The smallest absolute Gasteiger partial charge is 0.0550 e. The van der Waals surface area contributed by atoms with Crippen LogP contribution in [-0.2, 0) is 4.74 Å². The van der Waals surface area contributed by atoms with E-state index in [-0.39, 0.29) is 0 Å². The molecular weight excluding hydrogens is 186 g/mol. The standard InChI is InChI=1S/C13H25NO/c1-10(2)12(7-14)13(8-15-9-13)11-5-3-4-6-11/h10-12H,3-9,14H2,1-2H3. The van der Waals surface area contributed by atoms with E-state index in [1.54, 1.807) is 0 Å². The van der Waals surface area contributed by atoms with Crippen molar-refractivity contribution in [2.24, 2.45) is 28.9 Å². The minimum atomic E-state index is 0.444. The van der Waals surface area contributed by atoms with E-state index in [0.717, 1.165) is 25.7 Å². The van der Waals surface area contributed by atoms with Crippen molar-refractivity contribution in [3.8, 4) is 0 Å². The Bertz CT molecular complexity index is 205. The molecule has 2 aliphatic rings. The Kier molecular flexibility index (Phi) is 3.36. The lowest BCUT2D eigenvalue weighted by Gasteiger charge is -2.52. The average molecular weight is 211 g/mol. The van der Waals surface area contributed by atoms with Crippen molar-refractivity contribution in [2.75, 3.05) is 19.8 Å². The molecule has 2 fully saturated rings. The lowest BCUT2D eigenvalue weighted by molar-refractivity contribution is -0.184. The molecule has 1 atom stereocenters. The fourth-order valence-corrected chi connectivity index (χ4v) is 3.76. The van der Waals surface area contributed by atoms with E-state index >= 15 is 0 Å². The van der Waals surface area contributed by atoms with Crippen LogP contribution in [0.25, 0.3) is 0 Å². The van der Waals surface area contributed by atoms with E-state index in [4.69, 9.17) is 10.5 Å². The average Bonchev–Trinajstić information content (AvgIpc) is 2.62. The number of rotatable bonds is 4. The first-order valence-electron chi connectivity index (χ1n) is 6.48. The van der Waals surface area contributed by atoms with Gasteiger partial charge >= 0.3 is 0 Å². The monoisotopic (exact) mass is 211 g/mol. The summed E-state index contributed by atoms with van der Waals surface area (Å²) >= 11 is 0. The van der Waals surface area contributed by atoms with Crippen LogP contribution >= 0.6 is 0 Å². The van der Waals surface area contributed by atoms with Crippen molar-refractivity contribution >= 4 is 0 Å². The Balaban J connectivity index is 2.11. The van der Waals surface area contributed by atoms with E-state index in [1.807, 2.05) is 0 Å². The largest absolute Gasteiger partial charge is 0.380 e. The SMILES string of the molecule is CC(C)C(CN)C1(C2CCCC2)COC1. The van der Waals surface area contributed by atoms with Gasteiger partial charge in [0.1, 0.15) is 0 Å². The van der Waals surface area contributed by atoms with Gasteiger partial charge in [-0.15, -0.1) is 0 Å². The quantitative estimate of drug-likeness (QED) is 0.775. The molecule has 1 unspecified atom stereocenters. The molecule has 0 bridgehead atoms. The molecule has 88 valence electrons. The van der Waals surface area contributed by atoms with Crippen molar-refractivity contribution in [1.29, 1.82) is 0 Å². The van der Waals surface area contributed by atoms with E-state index < -0.39 is 0 Å². The summed E-state index contributed by atoms with van der Waals surface area (Å²) in [5.41, 5.74) is 6.43. The van der Waals surface area contributed by atoms with Crippen LogP contribution in [0.3, 0.4) is 0 Å². The van der Waals surface area contributed by atoms with Crippen molar-refractivity contribution in [3.63, 3.8) is 0 Å². The molecule has 0 aromatic rings. The molecule has 2 nitrogen and oxygen atoms in total. The number of nitrogens with two attached hydrogens (primary N) is 1. The number of ether oxygens (including phenoxy) is 1. The van der Waals surface area contributed by atoms with Crippen molar-refractivity contribution in [1.82, 2.24) is 0 Å². The Morgan fingerprint density at radius 2 is 1.87 bits per heavy atom. The summed E-state index contributed by atoms with van der Waals surface area (Å²) in [5, 5.41) is 0. The summed E-state index contributed by atoms with van der Waals surface area (Å²) in [5.74, 6) is 2.25. The molecule has 2 rings (SSSR count).